The van der Waals surface area contributed by atoms with Crippen molar-refractivity contribution in [1.29, 1.82) is 0 Å². The number of fused-ring (bicyclic) bond motifs is 1. The van der Waals surface area contributed by atoms with Crippen LogP contribution in [-0.2, 0) is 19.1 Å². The Balaban J connectivity index is 1.98. The Hall–Kier alpha value is -1.58. The molecule has 0 aromatic carbocycles. The number of rotatable bonds is 0. The van der Waals surface area contributed by atoms with Gasteiger partial charge in [0.2, 0.25) is 0 Å². The van der Waals surface area contributed by atoms with E-state index in [1.165, 1.54) is 0 Å². The van der Waals surface area contributed by atoms with E-state index < -0.39 is 5.41 Å². The maximum absolute atomic E-state index is 11.8. The Bertz CT molecular complexity index is 457. The van der Waals surface area contributed by atoms with Crippen molar-refractivity contribution in [3.63, 3.8) is 0 Å². The quantitative estimate of drug-likeness (QED) is 0.534. The van der Waals surface area contributed by atoms with Gasteiger partial charge < -0.3 is 9.47 Å². The molecule has 4 rings (SSSR count). The van der Waals surface area contributed by atoms with Gasteiger partial charge in [-0.05, 0) is 0 Å². The van der Waals surface area contributed by atoms with Gasteiger partial charge in [-0.2, -0.15) is 0 Å². The van der Waals surface area contributed by atoms with Gasteiger partial charge in [0.25, 0.3) is 0 Å². The fourth-order valence-electron chi connectivity index (χ4n) is 3.25. The van der Waals surface area contributed by atoms with Gasteiger partial charge in [-0.25, -0.2) is 0 Å². The second-order valence-corrected chi connectivity index (χ2v) is 4.54. The van der Waals surface area contributed by atoms with Crippen LogP contribution in [0.2, 0.25) is 0 Å². The summed E-state index contributed by atoms with van der Waals surface area (Å²) in [4.78, 5) is 23.2. The molecule has 4 atom stereocenters. The summed E-state index contributed by atoms with van der Waals surface area (Å²) in [5.74, 6) is -0.573. The first kappa shape index (κ1) is 7.68. The summed E-state index contributed by atoms with van der Waals surface area (Å²) in [6, 6.07) is 0. The highest BCUT2D eigenvalue weighted by atomic mass is 16.6. The first-order valence-corrected chi connectivity index (χ1v) is 4.98. The zero-order chi connectivity index (χ0) is 10.3. The predicted octanol–water partition coefficient (Wildman–Crippen LogP) is 0.340. The molecule has 4 heteroatoms. The first-order valence-electron chi connectivity index (χ1n) is 4.98. The lowest BCUT2D eigenvalue weighted by Crippen LogP contribution is -2.45. The molecule has 2 heterocycles. The van der Waals surface area contributed by atoms with Gasteiger partial charge in [-0.1, -0.05) is 24.3 Å². The molecule has 0 aromatic rings. The van der Waals surface area contributed by atoms with Crippen molar-refractivity contribution in [2.24, 2.45) is 10.8 Å². The summed E-state index contributed by atoms with van der Waals surface area (Å²) in [6.07, 6.45) is 7.07. The lowest BCUT2D eigenvalue weighted by molar-refractivity contribution is -0.171. The van der Waals surface area contributed by atoms with E-state index in [-0.39, 0.29) is 36.0 Å². The number of ether oxygens (including phenoxy) is 2. The van der Waals surface area contributed by atoms with E-state index in [0.29, 0.717) is 0 Å². The molecule has 2 aliphatic heterocycles. The highest BCUT2D eigenvalue weighted by Crippen LogP contribution is 2.72. The standard InChI is InChI=1S/C11H8O4/c12-6-5-10-3-1-2-4-11(10)7(14-6)8(11)15-9(10)13/h1-4,7-8H,5H2/t7?,8?,10-,11+/m0/s1. The van der Waals surface area contributed by atoms with Crippen LogP contribution in [-0.4, -0.2) is 24.1 Å². The monoisotopic (exact) mass is 204 g/mol. The molecule has 2 saturated heterocycles. The molecule has 76 valence electrons. The van der Waals surface area contributed by atoms with Gasteiger partial charge in [0.05, 0.1) is 11.8 Å². The third-order valence-electron chi connectivity index (χ3n) is 4.02. The van der Waals surface area contributed by atoms with E-state index in [9.17, 15) is 9.59 Å². The number of carbonyl (C=O) groups excluding carboxylic acids is 2. The molecule has 3 fully saturated rings. The van der Waals surface area contributed by atoms with Crippen molar-refractivity contribution in [3.05, 3.63) is 24.3 Å². The second kappa shape index (κ2) is 1.87. The smallest absolute Gasteiger partial charge is 0.318 e. The largest absolute Gasteiger partial charge is 0.457 e. The van der Waals surface area contributed by atoms with Gasteiger partial charge >= 0.3 is 11.9 Å². The van der Waals surface area contributed by atoms with Crippen LogP contribution in [0, 0.1) is 10.8 Å². The van der Waals surface area contributed by atoms with Crippen LogP contribution in [0.25, 0.3) is 0 Å². The molecular weight excluding hydrogens is 196 g/mol. The topological polar surface area (TPSA) is 52.6 Å². The van der Waals surface area contributed by atoms with Crippen LogP contribution in [0.4, 0.5) is 0 Å². The van der Waals surface area contributed by atoms with Crippen LogP contribution in [0.1, 0.15) is 6.42 Å². The predicted molar refractivity (Wildman–Crippen MR) is 47.5 cm³/mol. The van der Waals surface area contributed by atoms with Crippen molar-refractivity contribution in [2.45, 2.75) is 18.6 Å². The van der Waals surface area contributed by atoms with Crippen LogP contribution in [0.15, 0.2) is 24.3 Å². The molecule has 0 amide bonds. The van der Waals surface area contributed by atoms with Gasteiger partial charge in [0, 0.05) is 0 Å². The van der Waals surface area contributed by atoms with Gasteiger partial charge in [0.1, 0.15) is 5.41 Å². The van der Waals surface area contributed by atoms with Gasteiger partial charge in [-0.15, -0.1) is 0 Å². The lowest BCUT2D eigenvalue weighted by Gasteiger charge is -2.35. The van der Waals surface area contributed by atoms with E-state index in [1.807, 2.05) is 18.2 Å². The summed E-state index contributed by atoms with van der Waals surface area (Å²) >= 11 is 0. The fraction of sp³-hybridized carbons (Fsp3) is 0.455. The van der Waals surface area contributed by atoms with Crippen LogP contribution in [0.5, 0.6) is 0 Å². The summed E-state index contributed by atoms with van der Waals surface area (Å²) < 4.78 is 10.5. The summed E-state index contributed by atoms with van der Waals surface area (Å²) in [6.45, 7) is 0. The van der Waals surface area contributed by atoms with Crippen LogP contribution in [0.3, 0.4) is 0 Å². The number of hydrogen-bond acceptors (Lipinski definition) is 4. The van der Waals surface area contributed by atoms with Crippen molar-refractivity contribution in [1.82, 2.24) is 0 Å². The zero-order valence-corrected chi connectivity index (χ0v) is 7.80. The van der Waals surface area contributed by atoms with E-state index >= 15 is 0 Å². The highest BCUT2D eigenvalue weighted by Gasteiger charge is 2.87. The maximum Gasteiger partial charge on any atom is 0.318 e. The summed E-state index contributed by atoms with van der Waals surface area (Å²) in [5, 5.41) is 0. The minimum atomic E-state index is -0.771. The number of hydrogen-bond donors (Lipinski definition) is 0. The third kappa shape index (κ3) is 0.552. The van der Waals surface area contributed by atoms with E-state index in [0.717, 1.165) is 0 Å². The lowest BCUT2D eigenvalue weighted by atomic mass is 9.67. The second-order valence-electron chi connectivity index (χ2n) is 4.54. The number of allylic oxidation sites excluding steroid dienone is 2. The Morgan fingerprint density at radius 3 is 2.73 bits per heavy atom. The number of esters is 2. The Kier molecular flexibility index (Phi) is 0.958. The molecule has 15 heavy (non-hydrogen) atoms. The molecule has 1 spiro atoms. The van der Waals surface area contributed by atoms with Gasteiger partial charge in [0.15, 0.2) is 12.2 Å². The van der Waals surface area contributed by atoms with E-state index in [2.05, 4.69) is 0 Å². The highest BCUT2D eigenvalue weighted by molar-refractivity contribution is 5.94. The van der Waals surface area contributed by atoms with E-state index in [1.54, 1.807) is 6.08 Å². The average Bonchev–Trinajstić information content (AvgIpc) is 2.71. The first-order chi connectivity index (χ1) is 7.21. The van der Waals surface area contributed by atoms with Crippen molar-refractivity contribution >= 4 is 11.9 Å². The molecule has 2 aliphatic carbocycles. The molecule has 4 aliphatic rings. The van der Waals surface area contributed by atoms with Crippen molar-refractivity contribution in [2.75, 3.05) is 0 Å². The molecule has 0 N–H and O–H groups in total. The molecule has 0 bridgehead atoms. The average molecular weight is 204 g/mol. The zero-order valence-electron chi connectivity index (χ0n) is 7.80. The van der Waals surface area contributed by atoms with Crippen molar-refractivity contribution < 1.29 is 19.1 Å². The molecule has 1 saturated carbocycles. The molecular formula is C11H8O4. The fourth-order valence-corrected chi connectivity index (χ4v) is 3.25. The minimum Gasteiger partial charge on any atom is -0.457 e. The normalized spacial score (nSPS) is 53.1. The molecule has 4 nitrogen and oxygen atoms in total. The van der Waals surface area contributed by atoms with Crippen molar-refractivity contribution in [3.8, 4) is 0 Å². The number of carbonyl (C=O) groups is 2. The minimum absolute atomic E-state index is 0.111. The van der Waals surface area contributed by atoms with Crippen LogP contribution < -0.4 is 0 Å². The van der Waals surface area contributed by atoms with E-state index in [4.69, 9.17) is 9.47 Å². The summed E-state index contributed by atoms with van der Waals surface area (Å²) in [7, 11) is 0. The molecule has 0 radical (unpaired) electrons. The SMILES string of the molecule is O=C1C[C@]23C=CC=C[C@]24C(O1)C4OC3=O. The Morgan fingerprint density at radius 2 is 1.87 bits per heavy atom. The molecule has 0 aromatic heterocycles. The Morgan fingerprint density at radius 1 is 1.13 bits per heavy atom. The summed E-state index contributed by atoms with van der Waals surface area (Å²) in [5.41, 5.74) is -1.15. The third-order valence-corrected chi connectivity index (χ3v) is 4.02. The Labute approximate surface area is 85.5 Å². The van der Waals surface area contributed by atoms with Crippen LogP contribution >= 0.6 is 0 Å². The van der Waals surface area contributed by atoms with Gasteiger partial charge in [-0.3, -0.25) is 9.59 Å². The maximum atomic E-state index is 11.8. The molecule has 2 unspecified atom stereocenters.